The van der Waals surface area contributed by atoms with E-state index in [1.807, 2.05) is 18.5 Å². The predicted octanol–water partition coefficient (Wildman–Crippen LogP) is 3.64. The molecule has 1 atom stereocenters. The maximum Gasteiger partial charge on any atom is 0.0346 e. The molecular weight excluding hydrogens is 220 g/mol. The maximum absolute atomic E-state index is 4.31. The monoisotopic (exact) mass is 240 g/mol. The van der Waals surface area contributed by atoms with Crippen LogP contribution in [0.3, 0.4) is 0 Å². The topological polar surface area (TPSA) is 24.9 Å². The van der Waals surface area contributed by atoms with E-state index in [1.54, 1.807) is 0 Å². The summed E-state index contributed by atoms with van der Waals surface area (Å²) >= 11 is 0. The number of hydrogen-bond acceptors (Lipinski definition) is 2. The van der Waals surface area contributed by atoms with Crippen molar-refractivity contribution in [2.45, 2.75) is 26.8 Å². The normalized spacial score (nSPS) is 13.8. The highest BCUT2D eigenvalue weighted by atomic mass is 14.9. The average molecular weight is 240 g/mol. The number of likely N-dealkylation sites (N-methyl/N-ethyl adjacent to an activating group) is 1. The molecule has 0 saturated carbocycles. The van der Waals surface area contributed by atoms with E-state index in [9.17, 15) is 0 Å². The zero-order valence-corrected chi connectivity index (χ0v) is 11.3. The van der Waals surface area contributed by atoms with Crippen LogP contribution in [0, 0.1) is 0 Å². The summed E-state index contributed by atoms with van der Waals surface area (Å²) in [5.41, 5.74) is 2.52. The van der Waals surface area contributed by atoms with E-state index in [4.69, 9.17) is 0 Å². The minimum atomic E-state index is 0.397. The Morgan fingerprint density at radius 3 is 2.89 bits per heavy atom. The van der Waals surface area contributed by atoms with Crippen LogP contribution in [0.4, 0.5) is 0 Å². The first-order valence-electron chi connectivity index (χ1n) is 6.46. The molecule has 94 valence electrons. The Balaban J connectivity index is 2.39. The van der Waals surface area contributed by atoms with Crippen LogP contribution in [0.1, 0.15) is 26.3 Å². The zero-order valence-electron chi connectivity index (χ0n) is 11.3. The highest BCUT2D eigenvalue weighted by Crippen LogP contribution is 2.20. The van der Waals surface area contributed by atoms with Crippen LogP contribution in [0.5, 0.6) is 0 Å². The number of rotatable bonds is 4. The summed E-state index contributed by atoms with van der Waals surface area (Å²) in [7, 11) is 0. The standard InChI is InChI=1S/C16H20N2/c1-4-18-13(3)12(2)9-15-11-17-10-14-7-5-6-8-16(14)15/h5-11,13,18H,4H2,1-3H3/b12-9+. The Morgan fingerprint density at radius 1 is 1.33 bits per heavy atom. The van der Waals surface area contributed by atoms with Crippen molar-refractivity contribution in [2.24, 2.45) is 0 Å². The lowest BCUT2D eigenvalue weighted by molar-refractivity contribution is 0.636. The number of fused-ring (bicyclic) bond motifs is 1. The van der Waals surface area contributed by atoms with E-state index >= 15 is 0 Å². The van der Waals surface area contributed by atoms with Crippen LogP contribution >= 0.6 is 0 Å². The van der Waals surface area contributed by atoms with Crippen molar-refractivity contribution >= 4 is 16.8 Å². The second-order valence-corrected chi connectivity index (χ2v) is 4.62. The van der Waals surface area contributed by atoms with Gasteiger partial charge < -0.3 is 5.32 Å². The predicted molar refractivity (Wildman–Crippen MR) is 78.5 cm³/mol. The highest BCUT2D eigenvalue weighted by molar-refractivity contribution is 5.89. The van der Waals surface area contributed by atoms with Gasteiger partial charge in [0.2, 0.25) is 0 Å². The number of nitrogens with one attached hydrogen (secondary N) is 1. The molecule has 0 saturated heterocycles. The van der Waals surface area contributed by atoms with Crippen LogP contribution in [0.15, 0.2) is 42.2 Å². The molecule has 0 amide bonds. The van der Waals surface area contributed by atoms with E-state index in [0.29, 0.717) is 6.04 Å². The van der Waals surface area contributed by atoms with Gasteiger partial charge in [0.25, 0.3) is 0 Å². The molecule has 1 N–H and O–H groups in total. The summed E-state index contributed by atoms with van der Waals surface area (Å²) in [4.78, 5) is 4.31. The van der Waals surface area contributed by atoms with Gasteiger partial charge >= 0.3 is 0 Å². The SMILES string of the molecule is CCNC(C)/C(C)=C/c1cncc2ccccc12. The molecule has 1 heterocycles. The summed E-state index contributed by atoms with van der Waals surface area (Å²) in [6, 6.07) is 8.76. The van der Waals surface area contributed by atoms with E-state index in [1.165, 1.54) is 21.9 Å². The van der Waals surface area contributed by atoms with Crippen molar-refractivity contribution in [3.63, 3.8) is 0 Å². The van der Waals surface area contributed by atoms with Gasteiger partial charge in [-0.25, -0.2) is 0 Å². The van der Waals surface area contributed by atoms with Gasteiger partial charge in [0.05, 0.1) is 0 Å². The van der Waals surface area contributed by atoms with Crippen LogP contribution in [0.2, 0.25) is 0 Å². The molecule has 0 bridgehead atoms. The lowest BCUT2D eigenvalue weighted by Crippen LogP contribution is -2.26. The van der Waals surface area contributed by atoms with E-state index < -0.39 is 0 Å². The molecule has 0 radical (unpaired) electrons. The fourth-order valence-electron chi connectivity index (χ4n) is 2.09. The lowest BCUT2D eigenvalue weighted by atomic mass is 10.0. The number of benzene rings is 1. The molecule has 0 aliphatic carbocycles. The Labute approximate surface area is 109 Å². The first-order valence-corrected chi connectivity index (χ1v) is 6.46. The van der Waals surface area contributed by atoms with Crippen molar-refractivity contribution in [1.29, 1.82) is 0 Å². The molecule has 18 heavy (non-hydrogen) atoms. The van der Waals surface area contributed by atoms with Gasteiger partial charge in [-0.15, -0.1) is 0 Å². The third-order valence-corrected chi connectivity index (χ3v) is 3.28. The fraction of sp³-hybridized carbons (Fsp3) is 0.312. The Kier molecular flexibility index (Phi) is 4.11. The molecule has 2 heteroatoms. The van der Waals surface area contributed by atoms with Gasteiger partial charge in [-0.05, 0) is 25.8 Å². The van der Waals surface area contributed by atoms with Gasteiger partial charge in [-0.2, -0.15) is 0 Å². The van der Waals surface area contributed by atoms with E-state index in [2.05, 4.69) is 55.3 Å². The van der Waals surface area contributed by atoms with Crippen LogP contribution in [-0.4, -0.2) is 17.6 Å². The largest absolute Gasteiger partial charge is 0.311 e. The molecule has 2 nitrogen and oxygen atoms in total. The van der Waals surface area contributed by atoms with Crippen LogP contribution < -0.4 is 5.32 Å². The molecule has 2 rings (SSSR count). The number of nitrogens with zero attached hydrogens (tertiary/aromatic N) is 1. The average Bonchev–Trinajstić information content (AvgIpc) is 2.39. The van der Waals surface area contributed by atoms with Crippen molar-refractivity contribution < 1.29 is 0 Å². The highest BCUT2D eigenvalue weighted by Gasteiger charge is 2.04. The van der Waals surface area contributed by atoms with E-state index in [-0.39, 0.29) is 0 Å². The van der Waals surface area contributed by atoms with Crippen molar-refractivity contribution in [1.82, 2.24) is 10.3 Å². The van der Waals surface area contributed by atoms with Crippen LogP contribution in [0.25, 0.3) is 16.8 Å². The second-order valence-electron chi connectivity index (χ2n) is 4.62. The third kappa shape index (κ3) is 2.77. The second kappa shape index (κ2) is 5.78. The van der Waals surface area contributed by atoms with Gasteiger partial charge in [-0.3, -0.25) is 4.98 Å². The third-order valence-electron chi connectivity index (χ3n) is 3.28. The fourth-order valence-corrected chi connectivity index (χ4v) is 2.09. The van der Waals surface area contributed by atoms with Crippen molar-refractivity contribution in [2.75, 3.05) is 6.54 Å². The molecule has 2 aromatic rings. The molecule has 0 spiro atoms. The van der Waals surface area contributed by atoms with Gasteiger partial charge in [0.1, 0.15) is 0 Å². The summed E-state index contributed by atoms with van der Waals surface area (Å²) in [5.74, 6) is 0. The van der Waals surface area contributed by atoms with Gasteiger partial charge in [0.15, 0.2) is 0 Å². The van der Waals surface area contributed by atoms with Crippen molar-refractivity contribution in [3.05, 3.63) is 47.8 Å². The zero-order chi connectivity index (χ0) is 13.0. The Hall–Kier alpha value is -1.67. The maximum atomic E-state index is 4.31. The molecule has 1 aromatic carbocycles. The number of hydrogen-bond donors (Lipinski definition) is 1. The van der Waals surface area contributed by atoms with Gasteiger partial charge in [-0.1, -0.05) is 42.8 Å². The summed E-state index contributed by atoms with van der Waals surface area (Å²) in [5, 5.41) is 5.87. The Morgan fingerprint density at radius 2 is 2.11 bits per heavy atom. The summed E-state index contributed by atoms with van der Waals surface area (Å²) < 4.78 is 0. The Bertz CT molecular complexity index is 553. The number of aromatic nitrogens is 1. The van der Waals surface area contributed by atoms with Crippen molar-refractivity contribution in [3.8, 4) is 0 Å². The lowest BCUT2D eigenvalue weighted by Gasteiger charge is -2.13. The first kappa shape index (κ1) is 12.8. The minimum absolute atomic E-state index is 0.397. The molecule has 0 aliphatic heterocycles. The summed E-state index contributed by atoms with van der Waals surface area (Å²) in [6.45, 7) is 7.46. The smallest absolute Gasteiger partial charge is 0.0346 e. The minimum Gasteiger partial charge on any atom is -0.311 e. The molecular formula is C16H20N2. The quantitative estimate of drug-likeness (QED) is 0.882. The molecule has 0 fully saturated rings. The number of pyridine rings is 1. The van der Waals surface area contributed by atoms with E-state index in [0.717, 1.165) is 6.54 Å². The van der Waals surface area contributed by atoms with Gasteiger partial charge in [0, 0.05) is 29.4 Å². The summed E-state index contributed by atoms with van der Waals surface area (Å²) in [6.07, 6.45) is 6.07. The first-order chi connectivity index (χ1) is 8.72. The molecule has 1 unspecified atom stereocenters. The van der Waals surface area contributed by atoms with Crippen LogP contribution in [-0.2, 0) is 0 Å². The molecule has 1 aromatic heterocycles. The molecule has 0 aliphatic rings.